The SMILES string of the molecule is CC(=O)OCCOc1cccc(C2SCC(=O)N2c2ccc(Oc3ccc(Cl)cc3)cc2)c1. The van der Waals surface area contributed by atoms with Crippen LogP contribution in [0.15, 0.2) is 72.8 Å². The fourth-order valence-corrected chi connectivity index (χ4v) is 4.66. The summed E-state index contributed by atoms with van der Waals surface area (Å²) >= 11 is 7.48. The van der Waals surface area contributed by atoms with Crippen LogP contribution < -0.4 is 14.4 Å². The number of carbonyl (C=O) groups excluding carboxylic acids is 2. The molecule has 0 radical (unpaired) electrons. The first kappa shape index (κ1) is 23.0. The maximum Gasteiger partial charge on any atom is 0.302 e. The van der Waals surface area contributed by atoms with Crippen LogP contribution in [-0.4, -0.2) is 30.8 Å². The fourth-order valence-electron chi connectivity index (χ4n) is 3.37. The highest BCUT2D eigenvalue weighted by molar-refractivity contribution is 8.00. The highest BCUT2D eigenvalue weighted by Crippen LogP contribution is 2.43. The Balaban J connectivity index is 1.46. The van der Waals surface area contributed by atoms with E-state index in [2.05, 4.69) is 0 Å². The zero-order valence-corrected chi connectivity index (χ0v) is 19.5. The van der Waals surface area contributed by atoms with Crippen molar-refractivity contribution in [2.75, 3.05) is 23.9 Å². The molecule has 3 aromatic rings. The zero-order chi connectivity index (χ0) is 23.2. The van der Waals surface area contributed by atoms with Crippen molar-refractivity contribution in [3.05, 3.63) is 83.4 Å². The summed E-state index contributed by atoms with van der Waals surface area (Å²) in [7, 11) is 0. The van der Waals surface area contributed by atoms with Gasteiger partial charge in [-0.3, -0.25) is 14.5 Å². The van der Waals surface area contributed by atoms with E-state index in [1.807, 2.05) is 48.5 Å². The molecule has 1 atom stereocenters. The maximum atomic E-state index is 12.7. The van der Waals surface area contributed by atoms with Gasteiger partial charge in [0, 0.05) is 17.6 Å². The number of esters is 1. The van der Waals surface area contributed by atoms with Crippen LogP contribution in [0.1, 0.15) is 17.9 Å². The van der Waals surface area contributed by atoms with Gasteiger partial charge in [-0.2, -0.15) is 0 Å². The van der Waals surface area contributed by atoms with Crippen molar-refractivity contribution in [2.24, 2.45) is 0 Å². The van der Waals surface area contributed by atoms with Crippen LogP contribution in [0, 0.1) is 0 Å². The van der Waals surface area contributed by atoms with Crippen molar-refractivity contribution in [1.29, 1.82) is 0 Å². The van der Waals surface area contributed by atoms with Gasteiger partial charge in [0.2, 0.25) is 5.91 Å². The molecule has 1 amide bonds. The van der Waals surface area contributed by atoms with Gasteiger partial charge in [-0.05, 0) is 66.2 Å². The molecule has 1 aliphatic heterocycles. The van der Waals surface area contributed by atoms with Crippen LogP contribution in [0.4, 0.5) is 5.69 Å². The Morgan fingerprint density at radius 2 is 1.70 bits per heavy atom. The van der Waals surface area contributed by atoms with Crippen molar-refractivity contribution in [2.45, 2.75) is 12.3 Å². The molecule has 1 unspecified atom stereocenters. The van der Waals surface area contributed by atoms with Gasteiger partial charge in [0.15, 0.2) is 0 Å². The lowest BCUT2D eigenvalue weighted by Crippen LogP contribution is -2.27. The zero-order valence-electron chi connectivity index (χ0n) is 17.9. The third-order valence-corrected chi connectivity index (χ3v) is 6.30. The number of thioether (sulfide) groups is 1. The number of benzene rings is 3. The number of ether oxygens (including phenoxy) is 3. The van der Waals surface area contributed by atoms with Crippen LogP contribution >= 0.6 is 23.4 Å². The summed E-state index contributed by atoms with van der Waals surface area (Å²) in [6, 6.07) is 22.2. The van der Waals surface area contributed by atoms with Crippen molar-refractivity contribution in [1.82, 2.24) is 0 Å². The summed E-state index contributed by atoms with van der Waals surface area (Å²) in [6.07, 6.45) is 0. The molecule has 0 bridgehead atoms. The second-order valence-electron chi connectivity index (χ2n) is 7.24. The molecule has 0 aromatic heterocycles. The third-order valence-electron chi connectivity index (χ3n) is 4.83. The number of amides is 1. The molecule has 1 aliphatic rings. The minimum Gasteiger partial charge on any atom is -0.490 e. The average molecular weight is 484 g/mol. The van der Waals surface area contributed by atoms with Gasteiger partial charge >= 0.3 is 5.97 Å². The van der Waals surface area contributed by atoms with E-state index >= 15 is 0 Å². The van der Waals surface area contributed by atoms with Crippen LogP contribution in [-0.2, 0) is 14.3 Å². The summed E-state index contributed by atoms with van der Waals surface area (Å²) in [6.45, 7) is 1.81. The monoisotopic (exact) mass is 483 g/mol. The quantitative estimate of drug-likeness (QED) is 0.295. The van der Waals surface area contributed by atoms with Gasteiger partial charge in [0.25, 0.3) is 0 Å². The molecule has 0 N–H and O–H groups in total. The van der Waals surface area contributed by atoms with E-state index in [9.17, 15) is 9.59 Å². The molecule has 170 valence electrons. The molecule has 0 aliphatic carbocycles. The van der Waals surface area contributed by atoms with E-state index in [1.165, 1.54) is 6.92 Å². The van der Waals surface area contributed by atoms with Crippen LogP contribution in [0.3, 0.4) is 0 Å². The highest BCUT2D eigenvalue weighted by Gasteiger charge is 2.34. The summed E-state index contributed by atoms with van der Waals surface area (Å²) in [5, 5.41) is 0.477. The number of halogens is 1. The molecule has 0 spiro atoms. The number of carbonyl (C=O) groups is 2. The van der Waals surface area contributed by atoms with Crippen LogP contribution in [0.5, 0.6) is 17.2 Å². The van der Waals surface area contributed by atoms with E-state index in [0.717, 1.165) is 11.3 Å². The second kappa shape index (κ2) is 10.6. The van der Waals surface area contributed by atoms with E-state index in [1.54, 1.807) is 40.9 Å². The standard InChI is InChI=1S/C25H22ClNO5S/c1-17(28)30-13-14-31-23-4-2-3-18(15-23)25-27(24(29)16-33-25)20-7-11-22(12-8-20)32-21-9-5-19(26)6-10-21/h2-12,15,25H,13-14,16H2,1H3. The Hall–Kier alpha value is -3.16. The fraction of sp³-hybridized carbons (Fsp3) is 0.200. The van der Waals surface area contributed by atoms with Gasteiger partial charge in [0.05, 0.1) is 5.75 Å². The van der Waals surface area contributed by atoms with E-state index in [0.29, 0.717) is 28.0 Å². The second-order valence-corrected chi connectivity index (χ2v) is 8.74. The molecule has 3 aromatic carbocycles. The number of anilines is 1. The van der Waals surface area contributed by atoms with Crippen LogP contribution in [0.25, 0.3) is 0 Å². The summed E-state index contributed by atoms with van der Waals surface area (Å²) in [5.74, 6) is 2.10. The van der Waals surface area contributed by atoms with E-state index in [4.69, 9.17) is 25.8 Å². The Bertz CT molecular complexity index is 1120. The number of hydrogen-bond acceptors (Lipinski definition) is 6. The molecular weight excluding hydrogens is 462 g/mol. The van der Waals surface area contributed by atoms with Gasteiger partial charge < -0.3 is 14.2 Å². The highest BCUT2D eigenvalue weighted by atomic mass is 35.5. The average Bonchev–Trinajstić information content (AvgIpc) is 3.20. The molecular formula is C25H22ClNO5S. The topological polar surface area (TPSA) is 65.1 Å². The molecule has 0 saturated carbocycles. The molecule has 1 heterocycles. The number of nitrogens with zero attached hydrogens (tertiary/aromatic N) is 1. The molecule has 1 saturated heterocycles. The normalized spacial score (nSPS) is 15.4. The lowest BCUT2D eigenvalue weighted by atomic mass is 10.1. The first-order valence-electron chi connectivity index (χ1n) is 10.3. The lowest BCUT2D eigenvalue weighted by Gasteiger charge is -2.25. The van der Waals surface area contributed by atoms with Crippen molar-refractivity contribution in [3.8, 4) is 17.2 Å². The predicted molar refractivity (Wildman–Crippen MR) is 129 cm³/mol. The van der Waals surface area contributed by atoms with Gasteiger partial charge in [-0.15, -0.1) is 11.8 Å². The van der Waals surface area contributed by atoms with Gasteiger partial charge in [-0.1, -0.05) is 23.7 Å². The third kappa shape index (κ3) is 6.00. The number of rotatable bonds is 8. The summed E-state index contributed by atoms with van der Waals surface area (Å²) in [4.78, 5) is 25.4. The van der Waals surface area contributed by atoms with E-state index < -0.39 is 0 Å². The largest absolute Gasteiger partial charge is 0.490 e. The lowest BCUT2D eigenvalue weighted by molar-refractivity contribution is -0.141. The van der Waals surface area contributed by atoms with E-state index in [-0.39, 0.29) is 30.5 Å². The smallest absolute Gasteiger partial charge is 0.302 e. The Morgan fingerprint density at radius 3 is 2.39 bits per heavy atom. The predicted octanol–water partition coefficient (Wildman–Crippen LogP) is 5.85. The minimum atomic E-state index is -0.339. The summed E-state index contributed by atoms with van der Waals surface area (Å²) in [5.41, 5.74) is 1.75. The molecule has 1 fully saturated rings. The Labute approximate surface area is 201 Å². The van der Waals surface area contributed by atoms with Gasteiger partial charge in [-0.25, -0.2) is 0 Å². The van der Waals surface area contributed by atoms with Crippen molar-refractivity contribution in [3.63, 3.8) is 0 Å². The molecule has 33 heavy (non-hydrogen) atoms. The molecule has 8 heteroatoms. The van der Waals surface area contributed by atoms with Crippen LogP contribution in [0.2, 0.25) is 5.02 Å². The minimum absolute atomic E-state index is 0.0394. The molecule has 4 rings (SSSR count). The van der Waals surface area contributed by atoms with Crippen molar-refractivity contribution >= 4 is 40.9 Å². The Kier molecular flexibility index (Phi) is 7.42. The maximum absolute atomic E-state index is 12.7. The first-order valence-corrected chi connectivity index (χ1v) is 11.8. The molecule has 6 nitrogen and oxygen atoms in total. The Morgan fingerprint density at radius 1 is 1.00 bits per heavy atom. The van der Waals surface area contributed by atoms with Gasteiger partial charge in [0.1, 0.15) is 35.8 Å². The first-order chi connectivity index (χ1) is 16.0. The number of hydrogen-bond donors (Lipinski definition) is 0. The van der Waals surface area contributed by atoms with Crippen molar-refractivity contribution < 1.29 is 23.8 Å². The summed E-state index contributed by atoms with van der Waals surface area (Å²) < 4.78 is 16.4.